The first-order valence-corrected chi connectivity index (χ1v) is 7.87. The van der Waals surface area contributed by atoms with Gasteiger partial charge in [0.2, 0.25) is 5.91 Å². The van der Waals surface area contributed by atoms with E-state index in [1.54, 1.807) is 6.07 Å². The van der Waals surface area contributed by atoms with E-state index in [9.17, 15) is 14.3 Å². The second-order valence-electron chi connectivity index (χ2n) is 5.42. The number of hydrogen-bond donors (Lipinski definition) is 3. The Morgan fingerprint density at radius 2 is 2.09 bits per heavy atom. The number of likely N-dealkylation sites (tertiary alicyclic amines) is 1. The molecule has 0 spiro atoms. The highest BCUT2D eigenvalue weighted by Crippen LogP contribution is 2.16. The Balaban J connectivity index is 1.90. The lowest BCUT2D eigenvalue weighted by Gasteiger charge is -2.17. The van der Waals surface area contributed by atoms with E-state index in [-0.39, 0.29) is 24.7 Å². The molecular formula is C16H23FN4O2. The zero-order chi connectivity index (χ0) is 16.7. The lowest BCUT2D eigenvalue weighted by molar-refractivity contribution is -0.128. The van der Waals surface area contributed by atoms with E-state index < -0.39 is 5.82 Å². The monoisotopic (exact) mass is 322 g/mol. The molecular weight excluding hydrogens is 299 g/mol. The Hall–Kier alpha value is -2.31. The van der Waals surface area contributed by atoms with Crippen LogP contribution in [0.3, 0.4) is 0 Å². The topological polar surface area (TPSA) is 77.0 Å². The van der Waals surface area contributed by atoms with Crippen molar-refractivity contribution in [2.75, 3.05) is 26.2 Å². The number of carbonyl (C=O) groups excluding carboxylic acids is 1. The first kappa shape index (κ1) is 17.1. The van der Waals surface area contributed by atoms with Crippen LogP contribution < -0.4 is 10.6 Å². The number of amides is 1. The lowest BCUT2D eigenvalue weighted by Crippen LogP contribution is -2.44. The average Bonchev–Trinajstić information content (AvgIpc) is 3.07. The minimum Gasteiger partial charge on any atom is -0.505 e. The van der Waals surface area contributed by atoms with E-state index >= 15 is 0 Å². The second-order valence-corrected chi connectivity index (χ2v) is 5.42. The maximum absolute atomic E-state index is 13.3. The number of phenolic OH excluding ortho intramolecular Hbond substituents is 1. The quantitative estimate of drug-likeness (QED) is 0.562. The summed E-state index contributed by atoms with van der Waals surface area (Å²) >= 11 is 0. The summed E-state index contributed by atoms with van der Waals surface area (Å²) in [5.41, 5.74) is 0.642. The van der Waals surface area contributed by atoms with Crippen molar-refractivity contribution in [1.29, 1.82) is 0 Å². The highest BCUT2D eigenvalue weighted by atomic mass is 19.1. The number of halogens is 1. The maximum atomic E-state index is 13.3. The van der Waals surface area contributed by atoms with Crippen LogP contribution in [-0.2, 0) is 11.3 Å². The molecule has 1 aliphatic heterocycles. The Bertz CT molecular complexity index is 571. The molecule has 23 heavy (non-hydrogen) atoms. The third-order valence-electron chi connectivity index (χ3n) is 3.64. The Morgan fingerprint density at radius 1 is 1.35 bits per heavy atom. The van der Waals surface area contributed by atoms with Gasteiger partial charge >= 0.3 is 0 Å². The molecule has 0 radical (unpaired) electrons. The SMILES string of the molecule is CCNC(=NCc1ccc(O)c(F)c1)NCC(=O)N1CCCC1. The third kappa shape index (κ3) is 5.12. The van der Waals surface area contributed by atoms with Gasteiger partial charge < -0.3 is 20.6 Å². The standard InChI is InChI=1S/C16H23FN4O2/c1-2-18-16(20-11-15(23)21-7-3-4-8-21)19-10-12-5-6-14(22)13(17)9-12/h5-6,9,22H,2-4,7-8,10-11H2,1H3,(H2,18,19,20). The van der Waals surface area contributed by atoms with Gasteiger partial charge in [0, 0.05) is 19.6 Å². The second kappa shape index (κ2) is 8.36. The summed E-state index contributed by atoms with van der Waals surface area (Å²) in [6.45, 7) is 4.68. The number of benzene rings is 1. The molecule has 1 aromatic carbocycles. The number of nitrogens with zero attached hydrogens (tertiary/aromatic N) is 2. The van der Waals surface area contributed by atoms with Crippen LogP contribution in [0.25, 0.3) is 0 Å². The van der Waals surface area contributed by atoms with Crippen molar-refractivity contribution in [3.8, 4) is 5.75 Å². The van der Waals surface area contributed by atoms with E-state index in [0.29, 0.717) is 18.1 Å². The predicted molar refractivity (Wildman–Crippen MR) is 86.7 cm³/mol. The molecule has 0 unspecified atom stereocenters. The smallest absolute Gasteiger partial charge is 0.241 e. The van der Waals surface area contributed by atoms with Crippen LogP contribution in [0.5, 0.6) is 5.75 Å². The molecule has 1 aromatic rings. The molecule has 7 heteroatoms. The molecule has 1 fully saturated rings. The molecule has 1 amide bonds. The lowest BCUT2D eigenvalue weighted by atomic mass is 10.2. The van der Waals surface area contributed by atoms with E-state index in [1.165, 1.54) is 12.1 Å². The third-order valence-corrected chi connectivity index (χ3v) is 3.64. The van der Waals surface area contributed by atoms with Gasteiger partial charge in [0.1, 0.15) is 0 Å². The van der Waals surface area contributed by atoms with Crippen LogP contribution >= 0.6 is 0 Å². The van der Waals surface area contributed by atoms with Crippen molar-refractivity contribution < 1.29 is 14.3 Å². The van der Waals surface area contributed by atoms with Gasteiger partial charge in [-0.25, -0.2) is 9.38 Å². The van der Waals surface area contributed by atoms with Crippen molar-refractivity contribution >= 4 is 11.9 Å². The molecule has 1 saturated heterocycles. The Morgan fingerprint density at radius 3 is 2.74 bits per heavy atom. The van der Waals surface area contributed by atoms with Gasteiger partial charge in [0.05, 0.1) is 13.1 Å². The number of carbonyl (C=O) groups is 1. The van der Waals surface area contributed by atoms with Crippen molar-refractivity contribution in [2.45, 2.75) is 26.3 Å². The number of nitrogens with one attached hydrogen (secondary N) is 2. The van der Waals surface area contributed by atoms with E-state index in [4.69, 9.17) is 0 Å². The van der Waals surface area contributed by atoms with Crippen LogP contribution in [-0.4, -0.2) is 48.1 Å². The van der Waals surface area contributed by atoms with Gasteiger partial charge in [0.15, 0.2) is 17.5 Å². The highest BCUT2D eigenvalue weighted by Gasteiger charge is 2.17. The van der Waals surface area contributed by atoms with Crippen LogP contribution in [0.4, 0.5) is 4.39 Å². The van der Waals surface area contributed by atoms with Crippen LogP contribution in [0.1, 0.15) is 25.3 Å². The first-order valence-electron chi connectivity index (χ1n) is 7.87. The number of guanidine groups is 1. The van der Waals surface area contributed by atoms with Crippen molar-refractivity contribution in [1.82, 2.24) is 15.5 Å². The molecule has 6 nitrogen and oxygen atoms in total. The van der Waals surface area contributed by atoms with E-state index in [2.05, 4.69) is 15.6 Å². The molecule has 3 N–H and O–H groups in total. The maximum Gasteiger partial charge on any atom is 0.241 e. The molecule has 0 saturated carbocycles. The van der Waals surface area contributed by atoms with E-state index in [0.717, 1.165) is 25.9 Å². The van der Waals surface area contributed by atoms with Gasteiger partial charge in [0.25, 0.3) is 0 Å². The van der Waals surface area contributed by atoms with Crippen molar-refractivity contribution in [3.05, 3.63) is 29.6 Å². The first-order chi connectivity index (χ1) is 11.1. The van der Waals surface area contributed by atoms with Gasteiger partial charge in [-0.2, -0.15) is 0 Å². The van der Waals surface area contributed by atoms with Gasteiger partial charge in [-0.15, -0.1) is 0 Å². The molecule has 1 heterocycles. The summed E-state index contributed by atoms with van der Waals surface area (Å²) in [6, 6.07) is 4.16. The number of aliphatic imine (C=N–C) groups is 1. The van der Waals surface area contributed by atoms with Crippen LogP contribution in [0, 0.1) is 5.82 Å². The molecule has 0 aliphatic carbocycles. The number of hydrogen-bond acceptors (Lipinski definition) is 3. The summed E-state index contributed by atoms with van der Waals surface area (Å²) in [7, 11) is 0. The van der Waals surface area contributed by atoms with Crippen LogP contribution in [0.2, 0.25) is 0 Å². The fourth-order valence-electron chi connectivity index (χ4n) is 2.40. The zero-order valence-electron chi connectivity index (χ0n) is 13.3. The summed E-state index contributed by atoms with van der Waals surface area (Å²) in [5, 5.41) is 15.2. The van der Waals surface area contributed by atoms with Crippen molar-refractivity contribution in [3.63, 3.8) is 0 Å². The fourth-order valence-corrected chi connectivity index (χ4v) is 2.40. The molecule has 0 bridgehead atoms. The molecule has 2 rings (SSSR count). The number of phenols is 1. The minimum atomic E-state index is -0.667. The number of rotatable bonds is 5. The Kier molecular flexibility index (Phi) is 6.19. The van der Waals surface area contributed by atoms with Gasteiger partial charge in [-0.05, 0) is 37.5 Å². The molecule has 0 atom stereocenters. The summed E-state index contributed by atoms with van der Waals surface area (Å²) in [5.74, 6) is -0.476. The fraction of sp³-hybridized carbons (Fsp3) is 0.500. The van der Waals surface area contributed by atoms with Gasteiger partial charge in [-0.3, -0.25) is 4.79 Å². The predicted octanol–water partition coefficient (Wildman–Crippen LogP) is 1.21. The summed E-state index contributed by atoms with van der Waals surface area (Å²) in [6.07, 6.45) is 2.12. The van der Waals surface area contributed by atoms with Crippen molar-refractivity contribution in [2.24, 2.45) is 4.99 Å². The largest absolute Gasteiger partial charge is 0.505 e. The van der Waals surface area contributed by atoms with Gasteiger partial charge in [-0.1, -0.05) is 6.07 Å². The molecule has 1 aliphatic rings. The molecule has 126 valence electrons. The highest BCUT2D eigenvalue weighted by molar-refractivity contribution is 5.86. The molecule has 0 aromatic heterocycles. The van der Waals surface area contributed by atoms with E-state index in [1.807, 2.05) is 11.8 Å². The summed E-state index contributed by atoms with van der Waals surface area (Å²) in [4.78, 5) is 18.2. The minimum absolute atomic E-state index is 0.0591. The summed E-state index contributed by atoms with van der Waals surface area (Å²) < 4.78 is 13.3. The Labute approximate surface area is 135 Å². The zero-order valence-corrected chi connectivity index (χ0v) is 13.3. The average molecular weight is 322 g/mol. The van der Waals surface area contributed by atoms with Crippen LogP contribution in [0.15, 0.2) is 23.2 Å². The normalized spacial score (nSPS) is 14.9. The number of aromatic hydroxyl groups is 1.